The van der Waals surface area contributed by atoms with Gasteiger partial charge in [0.15, 0.2) is 0 Å². The lowest BCUT2D eigenvalue weighted by atomic mass is 9.98. The van der Waals surface area contributed by atoms with E-state index in [2.05, 4.69) is 11.9 Å². The molecule has 2 nitrogen and oxygen atoms in total. The van der Waals surface area contributed by atoms with Crippen LogP contribution in [0.4, 0.5) is 0 Å². The Hall–Kier alpha value is -0.600. The first-order valence-corrected chi connectivity index (χ1v) is 3.39. The monoisotopic (exact) mass is 139 g/mol. The lowest BCUT2D eigenvalue weighted by Gasteiger charge is -2.28. The van der Waals surface area contributed by atoms with Crippen molar-refractivity contribution in [3.8, 4) is 0 Å². The zero-order valence-corrected chi connectivity index (χ0v) is 6.22. The Morgan fingerprint density at radius 1 is 1.90 bits per heavy atom. The predicted molar refractivity (Wildman–Crippen MR) is 41.8 cm³/mol. The van der Waals surface area contributed by atoms with Gasteiger partial charge in [-0.3, -0.25) is 0 Å². The van der Waals surface area contributed by atoms with E-state index < -0.39 is 0 Å². The molecule has 0 aromatic carbocycles. The van der Waals surface area contributed by atoms with Crippen LogP contribution >= 0.6 is 0 Å². The highest BCUT2D eigenvalue weighted by Gasteiger charge is 2.21. The molecule has 1 unspecified atom stereocenters. The van der Waals surface area contributed by atoms with Gasteiger partial charge >= 0.3 is 0 Å². The first kappa shape index (κ1) is 7.51. The molecule has 0 amide bonds. The van der Waals surface area contributed by atoms with E-state index in [0.717, 1.165) is 12.1 Å². The zero-order valence-electron chi connectivity index (χ0n) is 6.22. The van der Waals surface area contributed by atoms with E-state index in [1.54, 1.807) is 0 Å². The van der Waals surface area contributed by atoms with Crippen molar-refractivity contribution >= 4 is 0 Å². The fourth-order valence-electron chi connectivity index (χ4n) is 0.844. The molecule has 0 saturated carbocycles. The van der Waals surface area contributed by atoms with Gasteiger partial charge in [0.1, 0.15) is 0 Å². The summed E-state index contributed by atoms with van der Waals surface area (Å²) in [5, 5.41) is 12.1. The lowest BCUT2D eigenvalue weighted by Crippen LogP contribution is -2.46. The maximum atomic E-state index is 8.89. The van der Waals surface area contributed by atoms with Gasteiger partial charge in [-0.1, -0.05) is 18.7 Å². The van der Waals surface area contributed by atoms with Crippen molar-refractivity contribution < 1.29 is 5.11 Å². The third-order valence-electron chi connectivity index (χ3n) is 1.73. The normalized spacial score (nSPS) is 32.8. The first-order valence-electron chi connectivity index (χ1n) is 3.39. The van der Waals surface area contributed by atoms with E-state index >= 15 is 0 Å². The van der Waals surface area contributed by atoms with Gasteiger partial charge in [0, 0.05) is 6.54 Å². The Morgan fingerprint density at radius 3 is 3.00 bits per heavy atom. The second-order valence-corrected chi connectivity index (χ2v) is 2.92. The van der Waals surface area contributed by atoms with Gasteiger partial charge in [-0.05, 0) is 12.5 Å². The molecule has 1 heterocycles. The van der Waals surface area contributed by atoms with Crippen LogP contribution in [0.5, 0.6) is 0 Å². The van der Waals surface area contributed by atoms with Crippen molar-refractivity contribution in [1.82, 2.24) is 5.32 Å². The molecule has 0 fully saturated rings. The van der Waals surface area contributed by atoms with Crippen LogP contribution in [0.25, 0.3) is 0 Å². The summed E-state index contributed by atoms with van der Waals surface area (Å²) in [6, 6.07) is 0. The molecule has 1 rings (SSSR count). The van der Waals surface area contributed by atoms with Crippen LogP contribution < -0.4 is 5.32 Å². The fourth-order valence-corrected chi connectivity index (χ4v) is 0.844. The molecule has 0 aromatic rings. The topological polar surface area (TPSA) is 32.3 Å². The molecule has 1 atom stereocenters. The third kappa shape index (κ3) is 1.46. The molecular formula is C8H13NO. The number of hydrogen-bond acceptors (Lipinski definition) is 2. The summed E-state index contributed by atoms with van der Waals surface area (Å²) in [4.78, 5) is 0. The summed E-state index contributed by atoms with van der Waals surface area (Å²) >= 11 is 0. The second kappa shape index (κ2) is 2.56. The van der Waals surface area contributed by atoms with Crippen molar-refractivity contribution in [2.45, 2.75) is 12.5 Å². The largest absolute Gasteiger partial charge is 0.394 e. The van der Waals surface area contributed by atoms with E-state index in [0.29, 0.717) is 0 Å². The molecule has 0 saturated heterocycles. The first-order chi connectivity index (χ1) is 4.66. The number of hydrogen-bond donors (Lipinski definition) is 2. The number of nitrogens with one attached hydrogen (secondary N) is 1. The minimum absolute atomic E-state index is 0.136. The van der Waals surface area contributed by atoms with Crippen molar-refractivity contribution in [1.29, 1.82) is 0 Å². The maximum absolute atomic E-state index is 8.89. The Morgan fingerprint density at radius 2 is 2.60 bits per heavy atom. The smallest absolute Gasteiger partial charge is 0.0646 e. The molecule has 10 heavy (non-hydrogen) atoms. The SMILES string of the molecule is C=C1C=CC(C)(CO)NC1. The summed E-state index contributed by atoms with van der Waals surface area (Å²) in [5.74, 6) is 0. The van der Waals surface area contributed by atoms with Crippen LogP contribution in [0.2, 0.25) is 0 Å². The molecule has 0 radical (unpaired) electrons. The average molecular weight is 139 g/mol. The zero-order chi connectivity index (χ0) is 7.61. The Bertz CT molecular complexity index is 174. The predicted octanol–water partition coefficient (Wildman–Crippen LogP) is 0.453. The van der Waals surface area contributed by atoms with Gasteiger partial charge in [-0.25, -0.2) is 0 Å². The van der Waals surface area contributed by atoms with E-state index in [4.69, 9.17) is 5.11 Å². The maximum Gasteiger partial charge on any atom is 0.0646 e. The van der Waals surface area contributed by atoms with Crippen LogP contribution in [-0.2, 0) is 0 Å². The Balaban J connectivity index is 2.68. The Labute approximate surface area is 61.3 Å². The van der Waals surface area contributed by atoms with Gasteiger partial charge in [0.25, 0.3) is 0 Å². The highest BCUT2D eigenvalue weighted by molar-refractivity contribution is 5.25. The molecule has 0 bridgehead atoms. The molecular weight excluding hydrogens is 126 g/mol. The van der Waals surface area contributed by atoms with Crippen LogP contribution in [-0.4, -0.2) is 23.8 Å². The van der Waals surface area contributed by atoms with Gasteiger partial charge in [0.05, 0.1) is 12.1 Å². The van der Waals surface area contributed by atoms with Crippen LogP contribution in [0, 0.1) is 0 Å². The molecule has 0 spiro atoms. The molecule has 1 aliphatic rings. The van der Waals surface area contributed by atoms with Gasteiger partial charge < -0.3 is 10.4 Å². The van der Waals surface area contributed by atoms with Gasteiger partial charge in [-0.15, -0.1) is 0 Å². The summed E-state index contributed by atoms with van der Waals surface area (Å²) in [6.45, 7) is 6.64. The van der Waals surface area contributed by atoms with Gasteiger partial charge in [-0.2, -0.15) is 0 Å². The van der Waals surface area contributed by atoms with E-state index in [9.17, 15) is 0 Å². The van der Waals surface area contributed by atoms with Crippen LogP contribution in [0.15, 0.2) is 24.3 Å². The second-order valence-electron chi connectivity index (χ2n) is 2.92. The van der Waals surface area contributed by atoms with E-state index in [-0.39, 0.29) is 12.1 Å². The number of aliphatic hydroxyl groups excluding tert-OH is 1. The fraction of sp³-hybridized carbons (Fsp3) is 0.500. The van der Waals surface area contributed by atoms with Crippen molar-refractivity contribution in [2.75, 3.05) is 13.2 Å². The highest BCUT2D eigenvalue weighted by atomic mass is 16.3. The van der Waals surface area contributed by atoms with Crippen LogP contribution in [0.3, 0.4) is 0 Å². The lowest BCUT2D eigenvalue weighted by molar-refractivity contribution is 0.209. The molecule has 0 aliphatic carbocycles. The summed E-state index contributed by atoms with van der Waals surface area (Å²) in [7, 11) is 0. The van der Waals surface area contributed by atoms with Crippen molar-refractivity contribution in [3.05, 3.63) is 24.3 Å². The van der Waals surface area contributed by atoms with Crippen LogP contribution in [0.1, 0.15) is 6.92 Å². The standard InChI is InChI=1S/C8H13NO/c1-7-3-4-8(2,6-10)9-5-7/h3-4,9-10H,1,5-6H2,2H3. The molecule has 1 aliphatic heterocycles. The van der Waals surface area contributed by atoms with Crippen molar-refractivity contribution in [2.24, 2.45) is 0 Å². The molecule has 56 valence electrons. The highest BCUT2D eigenvalue weighted by Crippen LogP contribution is 2.11. The summed E-state index contributed by atoms with van der Waals surface area (Å²) in [6.07, 6.45) is 3.89. The summed E-state index contributed by atoms with van der Waals surface area (Å²) in [5.41, 5.74) is 0.826. The number of rotatable bonds is 1. The third-order valence-corrected chi connectivity index (χ3v) is 1.73. The summed E-state index contributed by atoms with van der Waals surface area (Å²) < 4.78 is 0. The average Bonchev–Trinajstić information content (AvgIpc) is 1.96. The van der Waals surface area contributed by atoms with Gasteiger partial charge in [0.2, 0.25) is 0 Å². The Kier molecular flexibility index (Phi) is 1.92. The van der Waals surface area contributed by atoms with E-state index in [1.807, 2.05) is 19.1 Å². The minimum atomic E-state index is -0.235. The quantitative estimate of drug-likeness (QED) is 0.553. The number of aliphatic hydroxyl groups is 1. The molecule has 0 aromatic heterocycles. The molecule has 2 heteroatoms. The van der Waals surface area contributed by atoms with Crippen molar-refractivity contribution in [3.63, 3.8) is 0 Å². The minimum Gasteiger partial charge on any atom is -0.394 e. The van der Waals surface area contributed by atoms with E-state index in [1.165, 1.54) is 0 Å². The molecule has 2 N–H and O–H groups in total.